The van der Waals surface area contributed by atoms with Crippen molar-refractivity contribution in [3.8, 4) is 0 Å². The van der Waals surface area contributed by atoms with E-state index >= 15 is 0 Å². The second-order valence-corrected chi connectivity index (χ2v) is 6.66. The van der Waals surface area contributed by atoms with Crippen LogP contribution in [0, 0.1) is 6.92 Å². The van der Waals surface area contributed by atoms with Gasteiger partial charge in [-0.1, -0.05) is 6.92 Å². The standard InChI is InChI=1S/C12H20N2S2/c1-4-13-8(2)11-9(3)14-12(16-11)10-6-5-7-15-10/h8,10,13H,4-7H2,1-3H3. The van der Waals surface area contributed by atoms with Gasteiger partial charge in [0.2, 0.25) is 0 Å². The predicted octanol–water partition coefficient (Wildman–Crippen LogP) is 3.69. The zero-order valence-corrected chi connectivity index (χ0v) is 11.9. The number of nitrogens with zero attached hydrogens (tertiary/aromatic N) is 1. The molecule has 16 heavy (non-hydrogen) atoms. The minimum Gasteiger partial charge on any atom is -0.310 e. The highest BCUT2D eigenvalue weighted by atomic mass is 32.2. The van der Waals surface area contributed by atoms with E-state index in [0.29, 0.717) is 11.3 Å². The molecule has 0 amide bonds. The van der Waals surface area contributed by atoms with E-state index in [2.05, 4.69) is 37.8 Å². The number of aromatic nitrogens is 1. The number of hydrogen-bond acceptors (Lipinski definition) is 4. The van der Waals surface area contributed by atoms with Gasteiger partial charge in [-0.05, 0) is 39.0 Å². The van der Waals surface area contributed by atoms with Gasteiger partial charge < -0.3 is 5.32 Å². The third-order valence-electron chi connectivity index (χ3n) is 2.96. The lowest BCUT2D eigenvalue weighted by atomic mass is 10.2. The molecule has 0 radical (unpaired) electrons. The van der Waals surface area contributed by atoms with Crippen molar-refractivity contribution in [1.29, 1.82) is 0 Å². The van der Waals surface area contributed by atoms with Crippen molar-refractivity contribution in [1.82, 2.24) is 10.3 Å². The molecule has 90 valence electrons. The van der Waals surface area contributed by atoms with E-state index in [1.807, 2.05) is 11.3 Å². The SMILES string of the molecule is CCNC(C)c1sc(C2CCCS2)nc1C. The summed E-state index contributed by atoms with van der Waals surface area (Å²) in [6.07, 6.45) is 2.67. The molecule has 2 unspecified atom stereocenters. The summed E-state index contributed by atoms with van der Waals surface area (Å²) in [7, 11) is 0. The normalized spacial score (nSPS) is 22.6. The Hall–Kier alpha value is -0.0600. The minimum absolute atomic E-state index is 0.447. The third kappa shape index (κ3) is 2.60. The summed E-state index contributed by atoms with van der Waals surface area (Å²) >= 11 is 3.98. The Morgan fingerprint density at radius 2 is 2.38 bits per heavy atom. The van der Waals surface area contributed by atoms with Crippen LogP contribution in [0.25, 0.3) is 0 Å². The van der Waals surface area contributed by atoms with Gasteiger partial charge in [-0.15, -0.1) is 11.3 Å². The molecule has 2 atom stereocenters. The lowest BCUT2D eigenvalue weighted by molar-refractivity contribution is 0.603. The van der Waals surface area contributed by atoms with Gasteiger partial charge in [-0.3, -0.25) is 0 Å². The first kappa shape index (κ1) is 12.4. The summed E-state index contributed by atoms with van der Waals surface area (Å²) in [5, 5.41) is 5.49. The highest BCUT2D eigenvalue weighted by Gasteiger charge is 2.23. The van der Waals surface area contributed by atoms with Crippen LogP contribution in [-0.4, -0.2) is 17.3 Å². The Kier molecular flexibility index (Phi) is 4.27. The molecule has 2 rings (SSSR count). The van der Waals surface area contributed by atoms with E-state index in [9.17, 15) is 0 Å². The summed E-state index contributed by atoms with van der Waals surface area (Å²) < 4.78 is 0. The molecule has 1 fully saturated rings. The summed E-state index contributed by atoms with van der Waals surface area (Å²) in [5.74, 6) is 1.31. The van der Waals surface area contributed by atoms with Crippen LogP contribution in [0.2, 0.25) is 0 Å². The topological polar surface area (TPSA) is 24.9 Å². The van der Waals surface area contributed by atoms with Crippen LogP contribution < -0.4 is 5.32 Å². The van der Waals surface area contributed by atoms with Crippen LogP contribution in [0.4, 0.5) is 0 Å². The maximum Gasteiger partial charge on any atom is 0.106 e. The fraction of sp³-hybridized carbons (Fsp3) is 0.750. The number of thioether (sulfide) groups is 1. The second kappa shape index (κ2) is 5.52. The second-order valence-electron chi connectivity index (χ2n) is 4.28. The van der Waals surface area contributed by atoms with E-state index in [0.717, 1.165) is 6.54 Å². The Morgan fingerprint density at radius 1 is 1.56 bits per heavy atom. The predicted molar refractivity (Wildman–Crippen MR) is 73.4 cm³/mol. The molecular weight excluding hydrogens is 236 g/mol. The van der Waals surface area contributed by atoms with Crippen molar-refractivity contribution in [2.75, 3.05) is 12.3 Å². The molecule has 0 aromatic carbocycles. The average molecular weight is 256 g/mol. The fourth-order valence-corrected chi connectivity index (χ4v) is 4.75. The molecule has 2 heterocycles. The largest absolute Gasteiger partial charge is 0.310 e. The first-order chi connectivity index (χ1) is 7.72. The number of aryl methyl sites for hydroxylation is 1. The van der Waals surface area contributed by atoms with Crippen molar-refractivity contribution in [3.05, 3.63) is 15.6 Å². The summed E-state index contributed by atoms with van der Waals surface area (Å²) in [6.45, 7) is 7.55. The van der Waals surface area contributed by atoms with Crippen molar-refractivity contribution >= 4 is 23.1 Å². The molecule has 2 nitrogen and oxygen atoms in total. The van der Waals surface area contributed by atoms with E-state index in [-0.39, 0.29) is 0 Å². The molecular formula is C12H20N2S2. The molecule has 0 saturated carbocycles. The van der Waals surface area contributed by atoms with Crippen LogP contribution in [0.3, 0.4) is 0 Å². The first-order valence-electron chi connectivity index (χ1n) is 6.04. The summed E-state index contributed by atoms with van der Waals surface area (Å²) in [5.41, 5.74) is 1.22. The van der Waals surface area contributed by atoms with Crippen LogP contribution >= 0.6 is 23.1 Å². The van der Waals surface area contributed by atoms with Gasteiger partial charge in [0.15, 0.2) is 0 Å². The van der Waals surface area contributed by atoms with Crippen LogP contribution in [0.1, 0.15) is 53.6 Å². The Balaban J connectivity index is 2.14. The third-order valence-corrected chi connectivity index (χ3v) is 5.95. The van der Waals surface area contributed by atoms with Gasteiger partial charge in [0.05, 0.1) is 10.9 Å². The van der Waals surface area contributed by atoms with Crippen LogP contribution in [0.5, 0.6) is 0 Å². The van der Waals surface area contributed by atoms with E-state index in [4.69, 9.17) is 4.98 Å². The number of hydrogen-bond donors (Lipinski definition) is 1. The van der Waals surface area contributed by atoms with Gasteiger partial charge in [0, 0.05) is 10.9 Å². The highest BCUT2D eigenvalue weighted by Crippen LogP contribution is 2.42. The Morgan fingerprint density at radius 3 is 3.00 bits per heavy atom. The fourth-order valence-electron chi connectivity index (χ4n) is 2.14. The molecule has 0 bridgehead atoms. The molecule has 1 N–H and O–H groups in total. The van der Waals surface area contributed by atoms with Crippen molar-refractivity contribution in [3.63, 3.8) is 0 Å². The van der Waals surface area contributed by atoms with Crippen molar-refractivity contribution in [2.24, 2.45) is 0 Å². The van der Waals surface area contributed by atoms with Crippen molar-refractivity contribution < 1.29 is 0 Å². The monoisotopic (exact) mass is 256 g/mol. The molecule has 1 aromatic rings. The number of rotatable bonds is 4. The average Bonchev–Trinajstić information content (AvgIpc) is 2.86. The zero-order valence-electron chi connectivity index (χ0n) is 10.2. The quantitative estimate of drug-likeness (QED) is 0.889. The Bertz CT molecular complexity index is 343. The molecule has 0 spiro atoms. The van der Waals surface area contributed by atoms with Gasteiger partial charge in [-0.2, -0.15) is 11.8 Å². The Labute approximate surface area is 106 Å². The van der Waals surface area contributed by atoms with Crippen LogP contribution in [0.15, 0.2) is 0 Å². The van der Waals surface area contributed by atoms with Gasteiger partial charge >= 0.3 is 0 Å². The molecule has 1 aromatic heterocycles. The van der Waals surface area contributed by atoms with Gasteiger partial charge in [-0.25, -0.2) is 4.98 Å². The lowest BCUT2D eigenvalue weighted by Crippen LogP contribution is -2.17. The highest BCUT2D eigenvalue weighted by molar-refractivity contribution is 7.99. The first-order valence-corrected chi connectivity index (χ1v) is 7.91. The van der Waals surface area contributed by atoms with Crippen molar-refractivity contribution in [2.45, 2.75) is 44.9 Å². The summed E-state index contributed by atoms with van der Waals surface area (Å²) in [4.78, 5) is 6.17. The minimum atomic E-state index is 0.447. The number of nitrogens with one attached hydrogen (secondary N) is 1. The molecule has 0 aliphatic carbocycles. The van der Waals surface area contributed by atoms with Crippen LogP contribution in [-0.2, 0) is 0 Å². The van der Waals surface area contributed by atoms with Gasteiger partial charge in [0.1, 0.15) is 5.01 Å². The molecule has 1 saturated heterocycles. The molecule has 1 aliphatic heterocycles. The zero-order chi connectivity index (χ0) is 11.5. The maximum absolute atomic E-state index is 4.75. The smallest absolute Gasteiger partial charge is 0.106 e. The molecule has 4 heteroatoms. The lowest BCUT2D eigenvalue weighted by Gasteiger charge is -2.10. The summed E-state index contributed by atoms with van der Waals surface area (Å²) in [6, 6.07) is 0.447. The van der Waals surface area contributed by atoms with E-state index in [1.165, 1.54) is 34.2 Å². The van der Waals surface area contributed by atoms with Gasteiger partial charge in [0.25, 0.3) is 0 Å². The molecule has 1 aliphatic rings. The van der Waals surface area contributed by atoms with E-state index in [1.54, 1.807) is 0 Å². The maximum atomic E-state index is 4.75. The van der Waals surface area contributed by atoms with E-state index < -0.39 is 0 Å². The number of thiazole rings is 1.